The van der Waals surface area contributed by atoms with Gasteiger partial charge in [0.15, 0.2) is 23.0 Å². The molecule has 0 aromatic heterocycles. The van der Waals surface area contributed by atoms with Gasteiger partial charge in [0.2, 0.25) is 11.5 Å². The first-order valence-electron chi connectivity index (χ1n) is 27.8. The van der Waals surface area contributed by atoms with Gasteiger partial charge in [-0.05, 0) is 149 Å². The third kappa shape index (κ3) is 17.5. The van der Waals surface area contributed by atoms with Crippen molar-refractivity contribution < 1.29 is 71.4 Å². The predicted molar refractivity (Wildman–Crippen MR) is 305 cm³/mol. The maximum atomic E-state index is 13.6. The van der Waals surface area contributed by atoms with E-state index in [1.165, 1.54) is 93.4 Å². The number of nitrogens with zero attached hydrogens (tertiary/aromatic N) is 2. The molecule has 2 aliphatic heterocycles. The Kier molecular flexibility index (Phi) is 24.7. The lowest BCUT2D eigenvalue weighted by molar-refractivity contribution is -0.161. The number of likely N-dealkylation sites (tertiary alicyclic amines) is 2. The number of amides is 2. The van der Waals surface area contributed by atoms with E-state index in [0.717, 1.165) is 70.0 Å². The highest BCUT2D eigenvalue weighted by atomic mass is 16.6. The zero-order valence-electron chi connectivity index (χ0n) is 47.9. The Hall–Kier alpha value is -8.08. The maximum absolute atomic E-state index is 13.6. The van der Waals surface area contributed by atoms with Crippen molar-refractivity contribution in [2.75, 3.05) is 69.5 Å². The standard InChI is InChI=1S/C36H43NO7.C28H35NO8/c1-41-31-24-28(25-32(42-2)34(31)43-3)33(38)35(39)37-23-11-10-22-30(37)36(40)44-29(20-12-18-26-14-6-4-7-15-26)21-13-19-27-16-8-5-9-17-27;1-33-21-13-11-19(12-14-21)9-6-8-16-37-28(32)22-10-5-7-15-29(22)27(31)25(30)20-17-23(34-2)26(36-4)24(18-20)35-3/h4-9,14-17,24-25,29-30H,10-13,18-23H2,1-3H3;11-14,17-18,22H,5-10,15-16H2,1-4H3. The van der Waals surface area contributed by atoms with Gasteiger partial charge in [-0.2, -0.15) is 0 Å². The summed E-state index contributed by atoms with van der Waals surface area (Å²) in [6, 6.07) is 32.6. The fourth-order valence-electron chi connectivity index (χ4n) is 10.1. The zero-order chi connectivity index (χ0) is 58.1. The van der Waals surface area contributed by atoms with Crippen LogP contribution in [0.3, 0.4) is 0 Å². The van der Waals surface area contributed by atoms with Crippen LogP contribution in [0.1, 0.15) is 114 Å². The SMILES string of the molecule is COc1cc(C(=O)C(=O)N2CCCCC2C(=O)OC(CCCc2ccccc2)CCCc2ccccc2)cc(OC)c1OC.COc1ccc(CCCCOC(=O)C2CCCCN2C(=O)C(=O)c2cc(OC)c(OC)c(OC)c2)cc1. The van der Waals surface area contributed by atoms with E-state index in [0.29, 0.717) is 56.7 Å². The average Bonchev–Trinajstić information content (AvgIpc) is 3.56. The minimum absolute atomic E-state index is 0.0933. The fourth-order valence-corrected chi connectivity index (χ4v) is 10.1. The molecule has 2 fully saturated rings. The largest absolute Gasteiger partial charge is 0.497 e. The van der Waals surface area contributed by atoms with E-state index in [1.807, 2.05) is 60.7 Å². The molecule has 2 aliphatic rings. The van der Waals surface area contributed by atoms with Gasteiger partial charge in [0.05, 0.1) is 56.4 Å². The Morgan fingerprint density at radius 1 is 0.457 bits per heavy atom. The Morgan fingerprint density at radius 2 is 0.864 bits per heavy atom. The molecule has 434 valence electrons. The van der Waals surface area contributed by atoms with Crippen molar-refractivity contribution in [2.24, 2.45) is 0 Å². The molecule has 2 heterocycles. The van der Waals surface area contributed by atoms with E-state index >= 15 is 0 Å². The number of aryl methyl sites for hydroxylation is 3. The van der Waals surface area contributed by atoms with Gasteiger partial charge in [0, 0.05) is 24.2 Å². The molecular weight excluding hydrogens is 1040 g/mol. The predicted octanol–water partition coefficient (Wildman–Crippen LogP) is 10.1. The first-order valence-corrected chi connectivity index (χ1v) is 27.8. The van der Waals surface area contributed by atoms with E-state index < -0.39 is 47.4 Å². The second-order valence-electron chi connectivity index (χ2n) is 19.8. The summed E-state index contributed by atoms with van der Waals surface area (Å²) in [6.07, 6.45) is 11.0. The van der Waals surface area contributed by atoms with Gasteiger partial charge in [-0.25, -0.2) is 9.59 Å². The molecule has 17 heteroatoms. The number of hydrogen-bond donors (Lipinski definition) is 0. The van der Waals surface area contributed by atoms with E-state index in [1.54, 1.807) is 7.11 Å². The molecule has 2 unspecified atom stereocenters. The van der Waals surface area contributed by atoms with Gasteiger partial charge >= 0.3 is 11.9 Å². The molecule has 81 heavy (non-hydrogen) atoms. The lowest BCUT2D eigenvalue weighted by atomic mass is 9.99. The van der Waals surface area contributed by atoms with Gasteiger partial charge in [0.1, 0.15) is 23.9 Å². The minimum Gasteiger partial charge on any atom is -0.497 e. The number of methoxy groups -OCH3 is 7. The highest BCUT2D eigenvalue weighted by Crippen LogP contribution is 2.40. The number of ketones is 2. The summed E-state index contributed by atoms with van der Waals surface area (Å²) in [5.74, 6) is -1.39. The Bertz CT molecular complexity index is 2750. The Morgan fingerprint density at radius 3 is 1.27 bits per heavy atom. The second kappa shape index (κ2) is 32.2. The van der Waals surface area contributed by atoms with Gasteiger partial charge in [-0.1, -0.05) is 72.8 Å². The van der Waals surface area contributed by atoms with Crippen LogP contribution in [-0.4, -0.2) is 133 Å². The Labute approximate surface area is 476 Å². The van der Waals surface area contributed by atoms with Crippen molar-refractivity contribution in [3.05, 3.63) is 137 Å². The van der Waals surface area contributed by atoms with Crippen molar-refractivity contribution in [1.82, 2.24) is 9.80 Å². The lowest BCUT2D eigenvalue weighted by Crippen LogP contribution is -2.51. The normalized spacial score (nSPS) is 14.8. The van der Waals surface area contributed by atoms with E-state index in [2.05, 4.69) is 24.3 Å². The third-order valence-corrected chi connectivity index (χ3v) is 14.5. The molecule has 5 aromatic rings. The van der Waals surface area contributed by atoms with Crippen LogP contribution < -0.4 is 33.2 Å². The summed E-state index contributed by atoms with van der Waals surface area (Å²) in [5.41, 5.74) is 3.87. The molecule has 17 nitrogen and oxygen atoms in total. The summed E-state index contributed by atoms with van der Waals surface area (Å²) in [5, 5.41) is 0. The average molecular weight is 1120 g/mol. The van der Waals surface area contributed by atoms with Gasteiger partial charge in [-0.3, -0.25) is 19.2 Å². The number of benzene rings is 5. The fraction of sp³-hybridized carbons (Fsp3) is 0.438. The summed E-state index contributed by atoms with van der Waals surface area (Å²) < 4.78 is 48.8. The summed E-state index contributed by atoms with van der Waals surface area (Å²) in [7, 11) is 10.3. The number of esters is 2. The van der Waals surface area contributed by atoms with Crippen LogP contribution in [0.15, 0.2) is 109 Å². The molecular formula is C64H78N2O15. The summed E-state index contributed by atoms with van der Waals surface area (Å²) in [4.78, 5) is 82.5. The topological polar surface area (TPSA) is 192 Å². The molecule has 0 N–H and O–H groups in total. The number of ether oxygens (including phenoxy) is 9. The van der Waals surface area contributed by atoms with Crippen LogP contribution in [0.2, 0.25) is 0 Å². The van der Waals surface area contributed by atoms with Crippen molar-refractivity contribution >= 4 is 35.3 Å². The highest BCUT2D eigenvalue weighted by molar-refractivity contribution is 6.43. The first kappa shape index (κ1) is 62.1. The van der Waals surface area contributed by atoms with Crippen LogP contribution in [-0.2, 0) is 47.9 Å². The number of rotatable bonds is 27. The molecule has 2 saturated heterocycles. The molecule has 0 aliphatic carbocycles. The highest BCUT2D eigenvalue weighted by Gasteiger charge is 2.39. The number of unbranched alkanes of at least 4 members (excludes halogenated alkanes) is 1. The van der Waals surface area contributed by atoms with Crippen molar-refractivity contribution in [3.8, 4) is 40.2 Å². The monoisotopic (exact) mass is 1110 g/mol. The first-order chi connectivity index (χ1) is 39.4. The summed E-state index contributed by atoms with van der Waals surface area (Å²) >= 11 is 0. The van der Waals surface area contributed by atoms with Crippen molar-refractivity contribution in [1.29, 1.82) is 0 Å². The molecule has 2 atom stereocenters. The maximum Gasteiger partial charge on any atom is 0.329 e. The van der Waals surface area contributed by atoms with Gasteiger partial charge in [-0.15, -0.1) is 0 Å². The quantitative estimate of drug-likeness (QED) is 0.0209. The van der Waals surface area contributed by atoms with E-state index in [4.69, 9.17) is 42.6 Å². The van der Waals surface area contributed by atoms with Gasteiger partial charge in [0.25, 0.3) is 23.4 Å². The number of carbonyl (C=O) groups is 6. The van der Waals surface area contributed by atoms with Crippen LogP contribution >= 0.6 is 0 Å². The molecule has 2 amide bonds. The number of hydrogen-bond acceptors (Lipinski definition) is 15. The van der Waals surface area contributed by atoms with E-state index in [9.17, 15) is 28.8 Å². The molecule has 5 aromatic carbocycles. The van der Waals surface area contributed by atoms with Crippen LogP contribution in [0.4, 0.5) is 0 Å². The lowest BCUT2D eigenvalue weighted by Gasteiger charge is -2.34. The second-order valence-corrected chi connectivity index (χ2v) is 19.8. The number of Topliss-reactive ketones (excluding diaryl/α,β-unsaturated/α-hetero) is 2. The van der Waals surface area contributed by atoms with Crippen LogP contribution in [0, 0.1) is 0 Å². The number of carbonyl (C=O) groups excluding carboxylic acids is 6. The van der Waals surface area contributed by atoms with Crippen molar-refractivity contribution in [2.45, 2.75) is 114 Å². The van der Waals surface area contributed by atoms with Crippen LogP contribution in [0.5, 0.6) is 40.2 Å². The molecule has 0 bridgehead atoms. The molecule has 0 radical (unpaired) electrons. The van der Waals surface area contributed by atoms with Gasteiger partial charge < -0.3 is 52.4 Å². The molecule has 7 rings (SSSR count). The van der Waals surface area contributed by atoms with E-state index in [-0.39, 0.29) is 46.8 Å². The third-order valence-electron chi connectivity index (χ3n) is 14.5. The summed E-state index contributed by atoms with van der Waals surface area (Å²) in [6.45, 7) is 0.877. The number of piperidine rings is 2. The smallest absolute Gasteiger partial charge is 0.329 e. The molecule has 0 spiro atoms. The van der Waals surface area contributed by atoms with Crippen LogP contribution in [0.25, 0.3) is 0 Å². The molecule has 0 saturated carbocycles. The zero-order valence-corrected chi connectivity index (χ0v) is 47.9. The minimum atomic E-state index is -0.812. The Balaban J connectivity index is 0.000000265. The van der Waals surface area contributed by atoms with Crippen molar-refractivity contribution in [3.63, 3.8) is 0 Å².